The Balaban J connectivity index is 4.59. The third-order valence-electron chi connectivity index (χ3n) is 8.57. The molecule has 0 aromatic rings. The van der Waals surface area contributed by atoms with Gasteiger partial charge in [0.15, 0.2) is 6.10 Å². The summed E-state index contributed by atoms with van der Waals surface area (Å²) in [4.78, 5) is 37.7. The van der Waals surface area contributed by atoms with Crippen molar-refractivity contribution >= 4 is 17.9 Å². The van der Waals surface area contributed by atoms with E-state index in [2.05, 4.69) is 87.6 Å². The third kappa shape index (κ3) is 42.8. The molecule has 0 saturated heterocycles. The van der Waals surface area contributed by atoms with Crippen molar-refractivity contribution in [3.05, 3.63) is 122 Å². The molecule has 0 aliphatic rings. The summed E-state index contributed by atoms with van der Waals surface area (Å²) < 4.78 is 16.6. The van der Waals surface area contributed by atoms with Gasteiger partial charge in [-0.05, 0) is 89.9 Å². The van der Waals surface area contributed by atoms with Crippen LogP contribution in [0.1, 0.15) is 162 Å². The number of carbonyl (C=O) groups excluding carboxylic acids is 3. The predicted octanol–water partition coefficient (Wildman–Crippen LogP) is 14.2. The van der Waals surface area contributed by atoms with Crippen molar-refractivity contribution in [1.29, 1.82) is 0 Å². The number of ether oxygens (including phenoxy) is 3. The Labute approximate surface area is 348 Å². The van der Waals surface area contributed by atoms with Crippen molar-refractivity contribution < 1.29 is 28.6 Å². The Bertz CT molecular complexity index is 1270. The van der Waals surface area contributed by atoms with E-state index in [1.165, 1.54) is 25.7 Å². The minimum absolute atomic E-state index is 0.127. The molecule has 0 saturated carbocycles. The summed E-state index contributed by atoms with van der Waals surface area (Å²) in [5, 5.41) is 0. The minimum Gasteiger partial charge on any atom is -0.462 e. The van der Waals surface area contributed by atoms with E-state index >= 15 is 0 Å². The average molecular weight is 787 g/mol. The molecule has 0 aliphatic heterocycles. The molecule has 1 unspecified atom stereocenters. The van der Waals surface area contributed by atoms with E-state index in [0.717, 1.165) is 83.5 Å². The van der Waals surface area contributed by atoms with Crippen molar-refractivity contribution in [1.82, 2.24) is 0 Å². The van der Waals surface area contributed by atoms with Gasteiger partial charge in [-0.3, -0.25) is 14.4 Å². The van der Waals surface area contributed by atoms with Gasteiger partial charge in [-0.25, -0.2) is 0 Å². The lowest BCUT2D eigenvalue weighted by Crippen LogP contribution is -2.30. The smallest absolute Gasteiger partial charge is 0.306 e. The number of hydrogen-bond acceptors (Lipinski definition) is 6. The third-order valence-corrected chi connectivity index (χ3v) is 8.57. The molecular weight excluding hydrogens is 709 g/mol. The molecule has 6 heteroatoms. The highest BCUT2D eigenvalue weighted by Crippen LogP contribution is 2.12. The van der Waals surface area contributed by atoms with Gasteiger partial charge in [0.1, 0.15) is 13.2 Å². The number of rotatable bonds is 37. The van der Waals surface area contributed by atoms with E-state index in [1.54, 1.807) is 0 Å². The summed E-state index contributed by atoms with van der Waals surface area (Å²) in [6, 6.07) is 0. The Hall–Kier alpha value is -4.19. The van der Waals surface area contributed by atoms with Crippen molar-refractivity contribution in [2.75, 3.05) is 13.2 Å². The summed E-state index contributed by atoms with van der Waals surface area (Å²) in [5.74, 6) is -1.07. The van der Waals surface area contributed by atoms with Gasteiger partial charge < -0.3 is 14.2 Å². The van der Waals surface area contributed by atoms with E-state index in [1.807, 2.05) is 54.7 Å². The molecule has 0 aliphatic carbocycles. The topological polar surface area (TPSA) is 78.9 Å². The summed E-state index contributed by atoms with van der Waals surface area (Å²) in [5.41, 5.74) is 0. The predicted molar refractivity (Wildman–Crippen MR) is 242 cm³/mol. The van der Waals surface area contributed by atoms with Gasteiger partial charge in [-0.15, -0.1) is 0 Å². The van der Waals surface area contributed by atoms with E-state index in [9.17, 15) is 14.4 Å². The van der Waals surface area contributed by atoms with Gasteiger partial charge in [0.2, 0.25) is 0 Å². The standard InChI is InChI=1S/C51H78O6/c1-4-7-10-13-16-19-22-25-27-29-32-35-38-41-44-50(53)56-47-48(46-55-49(52)43-40-37-34-31-28-24-21-18-15-12-9-6-3)57-51(54)45-42-39-36-33-30-26-23-20-17-14-11-8-5-2/h7-12,14,16-21,23,26,28,30-31,33,36,48H,4-6,13,15,22,24-25,27,29,32,34-35,37-47H2,1-3H3/b10-7-,11-8-,12-9-,17-14-,19-16-,21-18-,23-20-,30-26-,31-28-,36-33-. The summed E-state index contributed by atoms with van der Waals surface area (Å²) in [6.45, 7) is 6.12. The molecule has 1 atom stereocenters. The minimum atomic E-state index is -0.835. The van der Waals surface area contributed by atoms with Crippen LogP contribution in [0.4, 0.5) is 0 Å². The summed E-state index contributed by atoms with van der Waals surface area (Å²) >= 11 is 0. The van der Waals surface area contributed by atoms with Crippen LogP contribution in [0.15, 0.2) is 122 Å². The maximum absolute atomic E-state index is 12.7. The fraction of sp³-hybridized carbons (Fsp3) is 0.549. The van der Waals surface area contributed by atoms with Gasteiger partial charge in [-0.1, -0.05) is 174 Å². The van der Waals surface area contributed by atoms with Crippen LogP contribution in [0.5, 0.6) is 0 Å². The zero-order chi connectivity index (χ0) is 41.5. The Morgan fingerprint density at radius 1 is 0.368 bits per heavy atom. The van der Waals surface area contributed by atoms with Crippen LogP contribution >= 0.6 is 0 Å². The highest BCUT2D eigenvalue weighted by Gasteiger charge is 2.19. The highest BCUT2D eigenvalue weighted by molar-refractivity contribution is 5.71. The zero-order valence-corrected chi connectivity index (χ0v) is 36.0. The van der Waals surface area contributed by atoms with Crippen LogP contribution in [0.3, 0.4) is 0 Å². The first-order valence-electron chi connectivity index (χ1n) is 22.1. The van der Waals surface area contributed by atoms with Crippen LogP contribution < -0.4 is 0 Å². The first-order valence-corrected chi connectivity index (χ1v) is 22.1. The normalized spacial score (nSPS) is 13.2. The van der Waals surface area contributed by atoms with Gasteiger partial charge in [0, 0.05) is 19.3 Å². The number of hydrogen-bond donors (Lipinski definition) is 0. The SMILES string of the molecule is CC\C=C/C=C\C=C/C=C\C=C/CCCC(=O)OC(COC(=O)CCCC/C=C\C/C=C\C/C=C\CC)COC(=O)CCCCCCCCC/C=C\C/C=C\CC. The van der Waals surface area contributed by atoms with Crippen molar-refractivity contribution in [2.24, 2.45) is 0 Å². The number of unbranched alkanes of at least 4 members (excludes halogenated alkanes) is 10. The number of carbonyl (C=O) groups is 3. The first kappa shape index (κ1) is 52.8. The molecule has 0 radical (unpaired) electrons. The van der Waals surface area contributed by atoms with Crippen molar-refractivity contribution in [3.8, 4) is 0 Å². The summed E-state index contributed by atoms with van der Waals surface area (Å²) in [6.07, 6.45) is 60.5. The van der Waals surface area contributed by atoms with E-state index in [4.69, 9.17) is 14.2 Å². The zero-order valence-electron chi connectivity index (χ0n) is 36.0. The van der Waals surface area contributed by atoms with E-state index in [-0.39, 0.29) is 38.0 Å². The second-order valence-electron chi connectivity index (χ2n) is 13.9. The lowest BCUT2D eigenvalue weighted by molar-refractivity contribution is -0.167. The van der Waals surface area contributed by atoms with Gasteiger partial charge in [0.25, 0.3) is 0 Å². The second-order valence-corrected chi connectivity index (χ2v) is 13.9. The van der Waals surface area contributed by atoms with Crippen LogP contribution in [0, 0.1) is 0 Å². The quantitative estimate of drug-likeness (QED) is 0.0205. The molecule has 0 heterocycles. The Kier molecular flexibility index (Phi) is 41.3. The Morgan fingerprint density at radius 3 is 1.26 bits per heavy atom. The lowest BCUT2D eigenvalue weighted by Gasteiger charge is -2.18. The molecular formula is C51H78O6. The number of allylic oxidation sites excluding steroid dienone is 20. The second kappa shape index (κ2) is 44.5. The fourth-order valence-corrected chi connectivity index (χ4v) is 5.34. The monoisotopic (exact) mass is 787 g/mol. The van der Waals surface area contributed by atoms with Crippen LogP contribution in [0.25, 0.3) is 0 Å². The molecule has 318 valence electrons. The number of esters is 3. The van der Waals surface area contributed by atoms with Gasteiger partial charge in [0.05, 0.1) is 0 Å². The lowest BCUT2D eigenvalue weighted by atomic mass is 10.1. The summed E-state index contributed by atoms with van der Waals surface area (Å²) in [7, 11) is 0. The van der Waals surface area contributed by atoms with E-state index < -0.39 is 12.1 Å². The maximum Gasteiger partial charge on any atom is 0.306 e. The van der Waals surface area contributed by atoms with Crippen LogP contribution in [-0.2, 0) is 28.6 Å². The molecule has 0 amide bonds. The molecule has 0 fully saturated rings. The molecule has 0 bridgehead atoms. The van der Waals surface area contributed by atoms with E-state index in [0.29, 0.717) is 19.3 Å². The molecule has 0 aromatic heterocycles. The van der Waals surface area contributed by atoms with Crippen LogP contribution in [0.2, 0.25) is 0 Å². The fourth-order valence-electron chi connectivity index (χ4n) is 5.34. The van der Waals surface area contributed by atoms with Crippen LogP contribution in [-0.4, -0.2) is 37.2 Å². The first-order chi connectivity index (χ1) is 28.0. The van der Waals surface area contributed by atoms with Gasteiger partial charge in [-0.2, -0.15) is 0 Å². The maximum atomic E-state index is 12.7. The highest BCUT2D eigenvalue weighted by atomic mass is 16.6. The van der Waals surface area contributed by atoms with Gasteiger partial charge >= 0.3 is 17.9 Å². The molecule has 6 nitrogen and oxygen atoms in total. The molecule has 0 spiro atoms. The molecule has 0 N–H and O–H groups in total. The largest absolute Gasteiger partial charge is 0.462 e. The van der Waals surface area contributed by atoms with Crippen molar-refractivity contribution in [2.45, 2.75) is 168 Å². The average Bonchev–Trinajstić information content (AvgIpc) is 3.21. The molecule has 0 aromatic carbocycles. The molecule has 57 heavy (non-hydrogen) atoms. The Morgan fingerprint density at radius 2 is 0.737 bits per heavy atom. The molecule has 0 rings (SSSR count). The van der Waals surface area contributed by atoms with Crippen molar-refractivity contribution in [3.63, 3.8) is 0 Å².